The van der Waals surface area contributed by atoms with Crippen LogP contribution >= 0.6 is 0 Å². The van der Waals surface area contributed by atoms with Crippen LogP contribution in [0.3, 0.4) is 0 Å². The van der Waals surface area contributed by atoms with E-state index in [0.717, 1.165) is 5.39 Å². The topological polar surface area (TPSA) is 119 Å². The first-order chi connectivity index (χ1) is 17.7. The van der Waals surface area contributed by atoms with E-state index in [1.165, 1.54) is 6.92 Å². The standard InChI is InChI=1S/C26H32N6O5/c1-18(33)29-21-9-8-19-6-5-7-20(22(19)30-21)35-16-17-36-24-23(27-10-11-28-24)31-12-14-32(15-13-31)25(34)37-26(2,3)4/h5-11H,12-17H2,1-4H3,(H,29,30,33). The van der Waals surface area contributed by atoms with Gasteiger partial charge in [-0.2, -0.15) is 0 Å². The molecule has 0 aliphatic carbocycles. The molecular formula is C26H32N6O5. The number of carbonyl (C=O) groups excluding carboxylic acids is 2. The highest BCUT2D eigenvalue weighted by Gasteiger charge is 2.27. The van der Waals surface area contributed by atoms with Crippen molar-refractivity contribution in [3.05, 3.63) is 42.7 Å². The Hall–Kier alpha value is -4.15. The molecule has 1 N–H and O–H groups in total. The van der Waals surface area contributed by atoms with Gasteiger partial charge in [0.1, 0.15) is 35.9 Å². The number of hydrogen-bond acceptors (Lipinski definition) is 9. The van der Waals surface area contributed by atoms with E-state index in [1.54, 1.807) is 23.4 Å². The number of fused-ring (bicyclic) bond motifs is 1. The molecule has 2 aromatic heterocycles. The lowest BCUT2D eigenvalue weighted by Crippen LogP contribution is -2.50. The quantitative estimate of drug-likeness (QED) is 0.478. The van der Waals surface area contributed by atoms with Crippen molar-refractivity contribution < 1.29 is 23.8 Å². The average molecular weight is 509 g/mol. The van der Waals surface area contributed by atoms with Crippen LogP contribution in [0.5, 0.6) is 11.6 Å². The molecule has 1 aliphatic rings. The molecule has 37 heavy (non-hydrogen) atoms. The van der Waals surface area contributed by atoms with Gasteiger partial charge in [-0.05, 0) is 39.0 Å². The Morgan fingerprint density at radius 1 is 0.973 bits per heavy atom. The van der Waals surface area contributed by atoms with Gasteiger partial charge in [0.05, 0.1) is 0 Å². The van der Waals surface area contributed by atoms with Gasteiger partial charge in [0, 0.05) is 50.9 Å². The Kier molecular flexibility index (Phi) is 7.90. The molecular weight excluding hydrogens is 476 g/mol. The zero-order valence-electron chi connectivity index (χ0n) is 21.6. The number of nitrogens with one attached hydrogen (secondary N) is 1. The fourth-order valence-electron chi connectivity index (χ4n) is 3.84. The molecule has 3 aromatic rings. The Morgan fingerprint density at radius 3 is 2.43 bits per heavy atom. The van der Waals surface area contributed by atoms with Crippen molar-refractivity contribution in [2.75, 3.05) is 49.6 Å². The summed E-state index contributed by atoms with van der Waals surface area (Å²) in [6, 6.07) is 9.27. The minimum Gasteiger partial charge on any atom is -0.488 e. The van der Waals surface area contributed by atoms with E-state index in [9.17, 15) is 9.59 Å². The first-order valence-electron chi connectivity index (χ1n) is 12.2. The highest BCUT2D eigenvalue weighted by atomic mass is 16.6. The monoisotopic (exact) mass is 508 g/mol. The number of aromatic nitrogens is 3. The Balaban J connectivity index is 1.34. The molecule has 0 saturated carbocycles. The highest BCUT2D eigenvalue weighted by Crippen LogP contribution is 2.26. The van der Waals surface area contributed by atoms with Crippen molar-refractivity contribution in [2.45, 2.75) is 33.3 Å². The number of amides is 2. The van der Waals surface area contributed by atoms with Crippen LogP contribution in [0, 0.1) is 0 Å². The molecule has 1 fully saturated rings. The van der Waals surface area contributed by atoms with E-state index in [1.807, 2.05) is 49.9 Å². The van der Waals surface area contributed by atoms with Crippen LogP contribution in [-0.4, -0.2) is 76.8 Å². The first-order valence-corrected chi connectivity index (χ1v) is 12.2. The number of piperazine rings is 1. The van der Waals surface area contributed by atoms with Crippen LogP contribution in [0.25, 0.3) is 10.9 Å². The van der Waals surface area contributed by atoms with Crippen LogP contribution in [0.15, 0.2) is 42.7 Å². The molecule has 196 valence electrons. The van der Waals surface area contributed by atoms with E-state index >= 15 is 0 Å². The molecule has 0 atom stereocenters. The molecule has 0 radical (unpaired) electrons. The third kappa shape index (κ3) is 6.96. The summed E-state index contributed by atoms with van der Waals surface area (Å²) >= 11 is 0. The summed E-state index contributed by atoms with van der Waals surface area (Å²) in [5, 5.41) is 3.59. The normalized spacial score (nSPS) is 13.8. The summed E-state index contributed by atoms with van der Waals surface area (Å²) in [5.41, 5.74) is 0.120. The SMILES string of the molecule is CC(=O)Nc1ccc2cccc(OCCOc3nccnc3N3CCN(C(=O)OC(C)(C)C)CC3)c2n1. The third-order valence-corrected chi connectivity index (χ3v) is 5.44. The number of carbonyl (C=O) groups is 2. The van der Waals surface area contributed by atoms with E-state index in [0.29, 0.717) is 55.0 Å². The second-order valence-electron chi connectivity index (χ2n) is 9.54. The van der Waals surface area contributed by atoms with Crippen molar-refractivity contribution in [3.63, 3.8) is 0 Å². The van der Waals surface area contributed by atoms with Crippen molar-refractivity contribution in [2.24, 2.45) is 0 Å². The van der Waals surface area contributed by atoms with Gasteiger partial charge in [-0.15, -0.1) is 0 Å². The van der Waals surface area contributed by atoms with Gasteiger partial charge >= 0.3 is 6.09 Å². The van der Waals surface area contributed by atoms with Crippen LogP contribution in [0.1, 0.15) is 27.7 Å². The number of hydrogen-bond donors (Lipinski definition) is 1. The van der Waals surface area contributed by atoms with E-state index in [2.05, 4.69) is 20.3 Å². The van der Waals surface area contributed by atoms with Gasteiger partial charge in [-0.25, -0.2) is 19.7 Å². The van der Waals surface area contributed by atoms with Gasteiger partial charge < -0.3 is 29.3 Å². The molecule has 2 amide bonds. The maximum Gasteiger partial charge on any atom is 0.410 e. The summed E-state index contributed by atoms with van der Waals surface area (Å²) < 4.78 is 17.3. The number of rotatable bonds is 7. The number of pyridine rings is 1. The number of para-hydroxylation sites is 1. The summed E-state index contributed by atoms with van der Waals surface area (Å²) in [7, 11) is 0. The third-order valence-electron chi connectivity index (χ3n) is 5.44. The maximum atomic E-state index is 12.4. The van der Waals surface area contributed by atoms with Crippen molar-refractivity contribution in [1.29, 1.82) is 0 Å². The van der Waals surface area contributed by atoms with Crippen molar-refractivity contribution >= 4 is 34.5 Å². The lowest BCUT2D eigenvalue weighted by Gasteiger charge is -2.36. The molecule has 1 saturated heterocycles. The zero-order valence-corrected chi connectivity index (χ0v) is 21.6. The van der Waals surface area contributed by atoms with Crippen LogP contribution in [-0.2, 0) is 9.53 Å². The molecule has 4 rings (SSSR count). The minimum absolute atomic E-state index is 0.190. The minimum atomic E-state index is -0.530. The number of nitrogens with zero attached hydrogens (tertiary/aromatic N) is 5. The molecule has 3 heterocycles. The molecule has 0 unspecified atom stereocenters. The molecule has 11 nitrogen and oxygen atoms in total. The van der Waals surface area contributed by atoms with Gasteiger partial charge in [0.2, 0.25) is 5.91 Å². The largest absolute Gasteiger partial charge is 0.488 e. The van der Waals surface area contributed by atoms with Crippen molar-refractivity contribution in [3.8, 4) is 11.6 Å². The predicted molar refractivity (Wildman–Crippen MR) is 139 cm³/mol. The summed E-state index contributed by atoms with van der Waals surface area (Å²) in [4.78, 5) is 40.8. The van der Waals surface area contributed by atoms with Crippen molar-refractivity contribution in [1.82, 2.24) is 19.9 Å². The number of anilines is 2. The van der Waals surface area contributed by atoms with Gasteiger partial charge in [-0.1, -0.05) is 12.1 Å². The first kappa shape index (κ1) is 25.9. The lowest BCUT2D eigenvalue weighted by atomic mass is 10.2. The average Bonchev–Trinajstić information content (AvgIpc) is 2.86. The van der Waals surface area contributed by atoms with Crippen LogP contribution in [0.4, 0.5) is 16.4 Å². The summed E-state index contributed by atoms with van der Waals surface area (Å²) in [6.45, 7) is 9.71. The fourth-order valence-corrected chi connectivity index (χ4v) is 3.84. The van der Waals surface area contributed by atoms with Gasteiger partial charge in [0.25, 0.3) is 5.88 Å². The van der Waals surface area contributed by atoms with E-state index in [-0.39, 0.29) is 25.2 Å². The highest BCUT2D eigenvalue weighted by molar-refractivity contribution is 5.91. The Morgan fingerprint density at radius 2 is 1.70 bits per heavy atom. The maximum absolute atomic E-state index is 12.4. The fraction of sp³-hybridized carbons (Fsp3) is 0.423. The number of ether oxygens (including phenoxy) is 3. The molecule has 0 bridgehead atoms. The number of benzene rings is 1. The Labute approximate surface area is 215 Å². The molecule has 0 spiro atoms. The second kappa shape index (κ2) is 11.3. The second-order valence-corrected chi connectivity index (χ2v) is 9.54. The van der Waals surface area contributed by atoms with Crippen LogP contribution in [0.2, 0.25) is 0 Å². The van der Waals surface area contributed by atoms with Crippen LogP contribution < -0.4 is 19.7 Å². The molecule has 11 heteroatoms. The van der Waals surface area contributed by atoms with E-state index in [4.69, 9.17) is 14.2 Å². The summed E-state index contributed by atoms with van der Waals surface area (Å²) in [6.07, 6.45) is 2.88. The van der Waals surface area contributed by atoms with Gasteiger partial charge in [0.15, 0.2) is 5.82 Å². The smallest absolute Gasteiger partial charge is 0.410 e. The summed E-state index contributed by atoms with van der Waals surface area (Å²) in [5.74, 6) is 1.89. The van der Waals surface area contributed by atoms with Gasteiger partial charge in [-0.3, -0.25) is 4.79 Å². The van der Waals surface area contributed by atoms with E-state index < -0.39 is 5.60 Å². The zero-order chi connectivity index (χ0) is 26.4. The predicted octanol–water partition coefficient (Wildman–Crippen LogP) is 3.50. The molecule has 1 aliphatic heterocycles. The lowest BCUT2D eigenvalue weighted by molar-refractivity contribution is -0.114. The molecule has 1 aromatic carbocycles. The Bertz CT molecular complexity index is 1250.